The molecule has 12 rings (SSSR count). The first-order valence-electron chi connectivity index (χ1n) is 22.9. The molecule has 5 heterocycles. The number of aromatic amines is 1. The van der Waals surface area contributed by atoms with E-state index in [0.717, 1.165) is 50.5 Å². The lowest BCUT2D eigenvalue weighted by atomic mass is 9.88. The largest absolute Gasteiger partial charge is 0.457 e. The van der Waals surface area contributed by atoms with Crippen LogP contribution in [0.3, 0.4) is 0 Å². The van der Waals surface area contributed by atoms with Crippen LogP contribution in [0.1, 0.15) is 59.7 Å². The number of hydrogen-bond donors (Lipinski definition) is 1. The zero-order valence-corrected chi connectivity index (χ0v) is 39.8. The lowest BCUT2D eigenvalue weighted by Crippen LogP contribution is -2.24. The van der Waals surface area contributed by atoms with Crippen LogP contribution in [0.4, 0.5) is 0 Å². The van der Waals surface area contributed by atoms with Gasteiger partial charge in [0.2, 0.25) is 0 Å². The summed E-state index contributed by atoms with van der Waals surface area (Å²) in [5, 5.41) is 8.33. The van der Waals surface area contributed by atoms with Gasteiger partial charge in [-0.3, -0.25) is 4.57 Å². The Morgan fingerprint density at radius 3 is 1.94 bits per heavy atom. The summed E-state index contributed by atoms with van der Waals surface area (Å²) in [6.07, 6.45) is 1.96. The molecular weight excluding hydrogens is 825 g/mol. The molecule has 0 saturated carbocycles. The highest BCUT2D eigenvalue weighted by Crippen LogP contribution is 2.45. The van der Waals surface area contributed by atoms with E-state index in [1.54, 1.807) is 0 Å². The smallest absolute Gasteiger partial charge is 0.293 e. The number of thiophene rings is 1. The summed E-state index contributed by atoms with van der Waals surface area (Å²) >= 11 is 1.85. The Morgan fingerprint density at radius 1 is 0.576 bits per heavy atom. The highest BCUT2D eigenvalue weighted by atomic mass is 32.1. The van der Waals surface area contributed by atoms with Gasteiger partial charge in [0.05, 0.1) is 16.4 Å². The minimum Gasteiger partial charge on any atom is -0.457 e. The zero-order chi connectivity index (χ0) is 45.3. The Kier molecular flexibility index (Phi) is 8.91. The number of benzene rings is 7. The lowest BCUT2D eigenvalue weighted by molar-refractivity contribution is -0.465. The molecule has 0 radical (unpaired) electrons. The number of nitrogens with one attached hydrogen (secondary N) is 1. The summed E-state index contributed by atoms with van der Waals surface area (Å²) in [5.74, 6) is 2.43. The van der Waals surface area contributed by atoms with Gasteiger partial charge in [-0.15, -0.1) is 11.3 Å². The standard InChI is InChI=1S/C60H50N4OS/c1-33-26-35(3)53(36(4)27-33)56-58(54-37(5)28-34(2)29-38(54)6)64-48-16-12-10-14-43(48)42-20-18-40(31-47(42)59(64)62-56)65-41-19-21-44-45-22-23-51-55(46-15-11-13-17-50(46)66-51)57(45)63(49(44)32-41)52-30-39(24-25-61-52)60(7,8)9/h10-32H,1-9H3/p+1. The number of pyridine rings is 2. The van der Waals surface area contributed by atoms with Gasteiger partial charge < -0.3 is 4.74 Å². The minimum absolute atomic E-state index is 0.0452. The number of nitrogens with zero attached hydrogens (tertiary/aromatic N) is 3. The fourth-order valence-corrected chi connectivity index (χ4v) is 12.2. The number of rotatable bonds is 5. The minimum atomic E-state index is -0.0452. The summed E-state index contributed by atoms with van der Waals surface area (Å²) < 4.78 is 14.4. The molecule has 322 valence electrons. The van der Waals surface area contributed by atoms with Gasteiger partial charge in [-0.2, -0.15) is 4.40 Å². The first-order chi connectivity index (χ1) is 31.8. The van der Waals surface area contributed by atoms with Crippen LogP contribution < -0.4 is 9.14 Å². The van der Waals surface area contributed by atoms with Crippen LogP contribution in [0.5, 0.6) is 11.5 Å². The molecule has 0 atom stereocenters. The lowest BCUT2D eigenvalue weighted by Gasteiger charge is -2.20. The van der Waals surface area contributed by atoms with Gasteiger partial charge in [0, 0.05) is 65.1 Å². The molecular formula is C60H51N4OS+. The molecule has 0 fully saturated rings. The average Bonchev–Trinajstić information content (AvgIpc) is 3.95. The SMILES string of the molecule is Cc1cc(C)c(-c2[nH]c3c4cc(Oc5ccc6c7ccc8sc9ccccc9c8c7n(-c7cc(C(C)(C)C)ccn7)c6c5)ccc4c4ccccc4[n+]3c2-c2c(C)cc(C)cc2C)c(C)c1. The number of imidazole rings is 1. The van der Waals surface area contributed by atoms with Crippen molar-refractivity contribution in [1.29, 1.82) is 0 Å². The van der Waals surface area contributed by atoms with Gasteiger partial charge in [0.25, 0.3) is 5.65 Å². The maximum Gasteiger partial charge on any atom is 0.293 e. The molecule has 0 aliphatic rings. The maximum absolute atomic E-state index is 7.02. The van der Waals surface area contributed by atoms with Crippen LogP contribution in [0, 0.1) is 41.5 Å². The van der Waals surface area contributed by atoms with Gasteiger partial charge in [0.1, 0.15) is 22.8 Å². The summed E-state index contributed by atoms with van der Waals surface area (Å²) in [5.41, 5.74) is 17.9. The van der Waals surface area contributed by atoms with E-state index in [1.807, 2.05) is 17.5 Å². The number of fused-ring (bicyclic) bond motifs is 13. The molecule has 0 unspecified atom stereocenters. The normalized spacial score (nSPS) is 12.3. The number of H-pyrrole nitrogens is 1. The topological polar surface area (TPSA) is 46.9 Å². The molecule has 66 heavy (non-hydrogen) atoms. The number of para-hydroxylation sites is 1. The van der Waals surface area contributed by atoms with Crippen LogP contribution in [0.25, 0.3) is 97.6 Å². The quantitative estimate of drug-likeness (QED) is 0.138. The third-order valence-corrected chi connectivity index (χ3v) is 14.9. The van der Waals surface area contributed by atoms with E-state index in [1.165, 1.54) is 97.6 Å². The van der Waals surface area contributed by atoms with Gasteiger partial charge in [-0.05, 0) is 135 Å². The Balaban J connectivity index is 1.10. The van der Waals surface area contributed by atoms with E-state index >= 15 is 0 Å². The van der Waals surface area contributed by atoms with Crippen molar-refractivity contribution < 1.29 is 9.14 Å². The van der Waals surface area contributed by atoms with Crippen molar-refractivity contribution in [2.24, 2.45) is 0 Å². The van der Waals surface area contributed by atoms with Gasteiger partial charge in [-0.1, -0.05) is 98.6 Å². The molecule has 0 bridgehead atoms. The van der Waals surface area contributed by atoms with Crippen LogP contribution in [0.15, 0.2) is 140 Å². The second-order valence-corrected chi connectivity index (χ2v) is 20.6. The third-order valence-electron chi connectivity index (χ3n) is 13.8. The molecule has 1 N–H and O–H groups in total. The number of aromatic nitrogens is 4. The van der Waals surface area contributed by atoms with E-state index in [-0.39, 0.29) is 5.41 Å². The second-order valence-electron chi connectivity index (χ2n) is 19.5. The molecule has 5 nitrogen and oxygen atoms in total. The first kappa shape index (κ1) is 40.2. The first-order valence-corrected chi connectivity index (χ1v) is 23.8. The molecule has 0 amide bonds. The van der Waals surface area contributed by atoms with Gasteiger partial charge in [-0.25, -0.2) is 9.97 Å². The van der Waals surface area contributed by atoms with Crippen molar-refractivity contribution in [3.63, 3.8) is 0 Å². The molecule has 7 aromatic carbocycles. The summed E-state index contributed by atoms with van der Waals surface area (Å²) in [6, 6.07) is 48.9. The molecule has 0 saturated heterocycles. The molecule has 0 spiro atoms. The Labute approximate surface area is 388 Å². The maximum atomic E-state index is 7.02. The van der Waals surface area contributed by atoms with Crippen molar-refractivity contribution >= 4 is 80.6 Å². The van der Waals surface area contributed by atoms with Crippen LogP contribution in [-0.2, 0) is 5.41 Å². The molecule has 0 aliphatic heterocycles. The number of hydrogen-bond acceptors (Lipinski definition) is 3. The van der Waals surface area contributed by atoms with E-state index in [9.17, 15) is 0 Å². The molecule has 12 aromatic rings. The molecule has 0 aliphatic carbocycles. The highest BCUT2D eigenvalue weighted by Gasteiger charge is 2.31. The second kappa shape index (κ2) is 14.6. The summed E-state index contributed by atoms with van der Waals surface area (Å²) in [7, 11) is 0. The summed E-state index contributed by atoms with van der Waals surface area (Å²) in [4.78, 5) is 9.15. The van der Waals surface area contributed by atoms with Crippen molar-refractivity contribution in [2.45, 2.75) is 67.7 Å². The molecule has 5 aromatic heterocycles. The van der Waals surface area contributed by atoms with Crippen molar-refractivity contribution in [3.05, 3.63) is 179 Å². The Bertz CT molecular complexity index is 3980. The van der Waals surface area contributed by atoms with E-state index in [0.29, 0.717) is 0 Å². The fraction of sp³-hybridized carbons (Fsp3) is 0.167. The van der Waals surface area contributed by atoms with Crippen LogP contribution >= 0.6 is 11.3 Å². The summed E-state index contributed by atoms with van der Waals surface area (Å²) in [6.45, 7) is 20.1. The highest BCUT2D eigenvalue weighted by molar-refractivity contribution is 7.26. The Morgan fingerprint density at radius 2 is 1.21 bits per heavy atom. The van der Waals surface area contributed by atoms with Crippen molar-refractivity contribution in [2.75, 3.05) is 0 Å². The van der Waals surface area contributed by atoms with Crippen molar-refractivity contribution in [3.8, 4) is 39.8 Å². The zero-order valence-electron chi connectivity index (χ0n) is 38.9. The third kappa shape index (κ3) is 6.11. The number of ether oxygens (including phenoxy) is 1. The average molecular weight is 876 g/mol. The van der Waals surface area contributed by atoms with Crippen LogP contribution in [0.2, 0.25) is 0 Å². The van der Waals surface area contributed by atoms with Gasteiger partial charge in [0.15, 0.2) is 11.4 Å². The van der Waals surface area contributed by atoms with E-state index in [4.69, 9.17) is 9.72 Å². The number of aryl methyl sites for hydroxylation is 6. The van der Waals surface area contributed by atoms with Gasteiger partial charge >= 0.3 is 0 Å². The predicted octanol–water partition coefficient (Wildman–Crippen LogP) is 16.2. The van der Waals surface area contributed by atoms with E-state index < -0.39 is 0 Å². The fourth-order valence-electron chi connectivity index (χ4n) is 11.1. The van der Waals surface area contributed by atoms with Crippen molar-refractivity contribution in [1.82, 2.24) is 14.5 Å². The predicted molar refractivity (Wildman–Crippen MR) is 278 cm³/mol. The Hall–Kier alpha value is -7.28. The monoisotopic (exact) mass is 875 g/mol. The van der Waals surface area contributed by atoms with E-state index in [2.05, 4.69) is 210 Å². The molecule has 6 heteroatoms. The van der Waals surface area contributed by atoms with Crippen LogP contribution in [-0.4, -0.2) is 14.5 Å².